The van der Waals surface area contributed by atoms with Gasteiger partial charge in [0.25, 0.3) is 5.89 Å². The number of ether oxygens (including phenoxy) is 1. The van der Waals surface area contributed by atoms with Crippen LogP contribution in [-0.4, -0.2) is 16.7 Å². The van der Waals surface area contributed by atoms with Gasteiger partial charge in [-0.15, -0.1) is 0 Å². The van der Waals surface area contributed by atoms with E-state index in [1.54, 1.807) is 0 Å². The Labute approximate surface area is 119 Å². The minimum atomic E-state index is -0.213. The van der Waals surface area contributed by atoms with Crippen LogP contribution >= 0.6 is 0 Å². The normalized spacial score (nSPS) is 13.4. The Hall–Kier alpha value is -1.88. The van der Waals surface area contributed by atoms with Crippen molar-refractivity contribution in [3.63, 3.8) is 0 Å². The fraction of sp³-hybridized carbons (Fsp3) is 0.467. The lowest BCUT2D eigenvalue weighted by Gasteiger charge is -2.27. The maximum absolute atomic E-state index is 5.92. The summed E-state index contributed by atoms with van der Waals surface area (Å²) in [7, 11) is 0. The Morgan fingerprint density at radius 3 is 2.60 bits per heavy atom. The lowest BCUT2D eigenvalue weighted by molar-refractivity contribution is -0.0203. The van der Waals surface area contributed by atoms with E-state index in [9.17, 15) is 0 Å². The molecule has 1 heterocycles. The molecular weight excluding hydrogens is 254 g/mol. The second-order valence-electron chi connectivity index (χ2n) is 5.75. The monoisotopic (exact) mass is 275 g/mol. The minimum absolute atomic E-state index is 0.112. The van der Waals surface area contributed by atoms with E-state index >= 15 is 0 Å². The lowest BCUT2D eigenvalue weighted by Crippen LogP contribution is -2.22. The number of hydrogen-bond acceptors (Lipinski definition) is 5. The smallest absolute Gasteiger partial charge is 0.260 e. The molecule has 5 nitrogen and oxygen atoms in total. The van der Waals surface area contributed by atoms with Gasteiger partial charge in [0.1, 0.15) is 6.10 Å². The molecule has 0 spiro atoms. The van der Waals surface area contributed by atoms with E-state index in [4.69, 9.17) is 15.0 Å². The molecule has 0 aliphatic heterocycles. The molecule has 0 bridgehead atoms. The molecule has 0 aliphatic carbocycles. The zero-order valence-electron chi connectivity index (χ0n) is 12.4. The number of benzene rings is 1. The number of aromatic nitrogens is 2. The Morgan fingerprint density at radius 2 is 2.00 bits per heavy atom. The highest BCUT2D eigenvalue weighted by molar-refractivity contribution is 5.69. The summed E-state index contributed by atoms with van der Waals surface area (Å²) in [5.41, 5.74) is 7.17. The van der Waals surface area contributed by atoms with E-state index in [0.29, 0.717) is 24.0 Å². The third-order valence-electron chi connectivity index (χ3n) is 2.99. The van der Waals surface area contributed by atoms with Gasteiger partial charge in [0.2, 0.25) is 5.82 Å². The molecule has 2 N–H and O–H groups in total. The summed E-state index contributed by atoms with van der Waals surface area (Å²) >= 11 is 0. The van der Waals surface area contributed by atoms with E-state index in [0.717, 1.165) is 5.56 Å². The van der Waals surface area contributed by atoms with Crippen molar-refractivity contribution in [2.24, 2.45) is 5.41 Å². The predicted molar refractivity (Wildman–Crippen MR) is 78.0 cm³/mol. The molecular formula is C15H21N3O2. The topological polar surface area (TPSA) is 74.2 Å². The van der Waals surface area contributed by atoms with Crippen molar-refractivity contribution in [1.82, 2.24) is 10.1 Å². The second kappa shape index (κ2) is 5.63. The lowest BCUT2D eigenvalue weighted by atomic mass is 9.88. The standard InChI is InChI=1S/C15H21N3O2/c1-5-19-12(15(2,3)4)13-17-14(20-18-13)10-8-6-7-9-11(10)16/h6-9,12H,5,16H2,1-4H3. The molecule has 0 radical (unpaired) electrons. The number of rotatable bonds is 4. The van der Waals surface area contributed by atoms with Crippen molar-refractivity contribution in [3.8, 4) is 11.5 Å². The van der Waals surface area contributed by atoms with Gasteiger partial charge in [-0.2, -0.15) is 4.98 Å². The van der Waals surface area contributed by atoms with E-state index in [-0.39, 0.29) is 11.5 Å². The maximum atomic E-state index is 5.92. The van der Waals surface area contributed by atoms with Crippen LogP contribution in [0, 0.1) is 5.41 Å². The molecule has 1 unspecified atom stereocenters. The minimum Gasteiger partial charge on any atom is -0.398 e. The summed E-state index contributed by atoms with van der Waals surface area (Å²) in [5, 5.41) is 4.05. The molecule has 0 amide bonds. The van der Waals surface area contributed by atoms with Crippen molar-refractivity contribution in [2.45, 2.75) is 33.8 Å². The van der Waals surface area contributed by atoms with Gasteiger partial charge in [-0.05, 0) is 24.5 Å². The first-order valence-electron chi connectivity index (χ1n) is 6.73. The number of anilines is 1. The zero-order valence-corrected chi connectivity index (χ0v) is 12.4. The molecule has 0 saturated carbocycles. The van der Waals surface area contributed by atoms with Gasteiger partial charge in [0, 0.05) is 12.3 Å². The van der Waals surface area contributed by atoms with Crippen molar-refractivity contribution < 1.29 is 9.26 Å². The van der Waals surface area contributed by atoms with Crippen molar-refractivity contribution in [3.05, 3.63) is 30.1 Å². The van der Waals surface area contributed by atoms with Crippen LogP contribution in [0.1, 0.15) is 39.6 Å². The summed E-state index contributed by atoms with van der Waals surface area (Å²) in [6.07, 6.45) is -0.213. The molecule has 5 heteroatoms. The van der Waals surface area contributed by atoms with Crippen molar-refractivity contribution in [2.75, 3.05) is 12.3 Å². The molecule has 20 heavy (non-hydrogen) atoms. The van der Waals surface area contributed by atoms with Gasteiger partial charge in [0.05, 0.1) is 5.56 Å². The van der Waals surface area contributed by atoms with Crippen LogP contribution in [0.4, 0.5) is 5.69 Å². The van der Waals surface area contributed by atoms with Gasteiger partial charge in [-0.3, -0.25) is 0 Å². The summed E-state index contributed by atoms with van der Waals surface area (Å²) in [6, 6.07) is 7.43. The van der Waals surface area contributed by atoms with E-state index in [1.165, 1.54) is 0 Å². The fourth-order valence-corrected chi connectivity index (χ4v) is 2.02. The summed E-state index contributed by atoms with van der Waals surface area (Å²) in [4.78, 5) is 4.44. The van der Waals surface area contributed by atoms with Gasteiger partial charge in [0.15, 0.2) is 0 Å². The molecule has 0 aliphatic rings. The van der Waals surface area contributed by atoms with Gasteiger partial charge in [-0.25, -0.2) is 0 Å². The quantitative estimate of drug-likeness (QED) is 0.865. The van der Waals surface area contributed by atoms with Crippen LogP contribution in [0.5, 0.6) is 0 Å². The molecule has 108 valence electrons. The number of nitrogens with zero attached hydrogens (tertiary/aromatic N) is 2. The molecule has 1 atom stereocenters. The first-order chi connectivity index (χ1) is 9.43. The van der Waals surface area contributed by atoms with Gasteiger partial charge < -0.3 is 15.0 Å². The van der Waals surface area contributed by atoms with Crippen LogP contribution in [0.3, 0.4) is 0 Å². The van der Waals surface area contributed by atoms with E-state index < -0.39 is 0 Å². The summed E-state index contributed by atoms with van der Waals surface area (Å²) in [6.45, 7) is 8.80. The van der Waals surface area contributed by atoms with Crippen LogP contribution in [0.15, 0.2) is 28.8 Å². The average molecular weight is 275 g/mol. The second-order valence-corrected chi connectivity index (χ2v) is 5.75. The first-order valence-corrected chi connectivity index (χ1v) is 6.73. The van der Waals surface area contributed by atoms with Crippen LogP contribution < -0.4 is 5.73 Å². The third-order valence-corrected chi connectivity index (χ3v) is 2.99. The SMILES string of the molecule is CCOC(c1noc(-c2ccccc2N)n1)C(C)(C)C. The zero-order chi connectivity index (χ0) is 14.8. The number of nitrogens with two attached hydrogens (primary N) is 1. The van der Waals surface area contributed by atoms with Crippen LogP contribution in [-0.2, 0) is 4.74 Å². The number of nitrogen functional groups attached to an aromatic ring is 1. The van der Waals surface area contributed by atoms with Crippen molar-refractivity contribution in [1.29, 1.82) is 0 Å². The predicted octanol–water partition coefficient (Wildman–Crippen LogP) is 3.44. The highest BCUT2D eigenvalue weighted by Crippen LogP contribution is 2.35. The summed E-state index contributed by atoms with van der Waals surface area (Å²) in [5.74, 6) is 0.977. The Bertz CT molecular complexity index is 572. The first kappa shape index (κ1) is 14.5. The maximum Gasteiger partial charge on any atom is 0.260 e. The highest BCUT2D eigenvalue weighted by atomic mass is 16.5. The number of para-hydroxylation sites is 1. The van der Waals surface area contributed by atoms with Crippen LogP contribution in [0.2, 0.25) is 0 Å². The van der Waals surface area contributed by atoms with Gasteiger partial charge >= 0.3 is 0 Å². The molecule has 1 aromatic carbocycles. The van der Waals surface area contributed by atoms with Crippen LogP contribution in [0.25, 0.3) is 11.5 Å². The summed E-state index contributed by atoms with van der Waals surface area (Å²) < 4.78 is 11.1. The molecule has 1 aromatic heterocycles. The van der Waals surface area contributed by atoms with E-state index in [1.807, 2.05) is 31.2 Å². The van der Waals surface area contributed by atoms with E-state index in [2.05, 4.69) is 30.9 Å². The molecule has 0 saturated heterocycles. The van der Waals surface area contributed by atoms with Crippen molar-refractivity contribution >= 4 is 5.69 Å². The molecule has 2 rings (SSSR count). The Kier molecular flexibility index (Phi) is 4.09. The van der Waals surface area contributed by atoms with Gasteiger partial charge in [-0.1, -0.05) is 38.1 Å². The fourth-order valence-electron chi connectivity index (χ4n) is 2.02. The molecule has 2 aromatic rings. The number of hydrogen-bond donors (Lipinski definition) is 1. The highest BCUT2D eigenvalue weighted by Gasteiger charge is 2.31. The Morgan fingerprint density at radius 1 is 1.30 bits per heavy atom. The Balaban J connectivity index is 2.35. The average Bonchev–Trinajstić information content (AvgIpc) is 2.84. The third kappa shape index (κ3) is 2.99. The largest absolute Gasteiger partial charge is 0.398 e. The molecule has 0 fully saturated rings.